The van der Waals surface area contributed by atoms with Crippen LogP contribution < -0.4 is 5.06 Å². The van der Waals surface area contributed by atoms with Crippen LogP contribution >= 0.6 is 0 Å². The molecule has 0 aliphatic carbocycles. The Balaban J connectivity index is 2.73. The molecule has 0 spiro atoms. The quantitative estimate of drug-likeness (QED) is 0.564. The largest absolute Gasteiger partial charge is 0.288 e. The first-order valence-corrected chi connectivity index (χ1v) is 4.44. The molecule has 0 amide bonds. The molecular formula is C11H15NO. The first kappa shape index (κ1) is 9.81. The maximum absolute atomic E-state index is 9.45. The summed E-state index contributed by atoms with van der Waals surface area (Å²) in [4.78, 5) is 0. The van der Waals surface area contributed by atoms with E-state index in [2.05, 4.69) is 13.5 Å². The number of rotatable bonds is 4. The number of aryl methyl sites for hydroxylation is 1. The lowest BCUT2D eigenvalue weighted by Crippen LogP contribution is -2.17. The van der Waals surface area contributed by atoms with Crippen molar-refractivity contribution >= 4 is 5.69 Å². The van der Waals surface area contributed by atoms with Gasteiger partial charge < -0.3 is 0 Å². The molecule has 0 saturated heterocycles. The Morgan fingerprint density at radius 3 is 2.46 bits per heavy atom. The third kappa shape index (κ3) is 2.60. The molecule has 0 radical (unpaired) electrons. The van der Waals surface area contributed by atoms with E-state index in [-0.39, 0.29) is 0 Å². The summed E-state index contributed by atoms with van der Waals surface area (Å²) in [5.41, 5.74) is 2.08. The molecule has 13 heavy (non-hydrogen) atoms. The second-order valence-corrected chi connectivity index (χ2v) is 2.89. The molecule has 0 aliphatic rings. The van der Waals surface area contributed by atoms with Crippen molar-refractivity contribution in [1.29, 1.82) is 0 Å². The Hall–Kier alpha value is -1.28. The van der Waals surface area contributed by atoms with E-state index in [0.717, 1.165) is 12.1 Å². The minimum absolute atomic E-state index is 0.450. The SMILES string of the molecule is C=CCN(O)c1ccc(CC)cc1. The molecule has 0 fully saturated rings. The second-order valence-electron chi connectivity index (χ2n) is 2.89. The number of hydrogen-bond donors (Lipinski definition) is 1. The summed E-state index contributed by atoms with van der Waals surface area (Å²) in [5.74, 6) is 0. The van der Waals surface area contributed by atoms with Gasteiger partial charge in [0.2, 0.25) is 0 Å². The molecule has 1 aromatic carbocycles. The van der Waals surface area contributed by atoms with Gasteiger partial charge in [-0.05, 0) is 24.1 Å². The standard InChI is InChI=1S/C11H15NO/c1-3-9-12(13)11-7-5-10(4-2)6-8-11/h3,5-8,13H,1,4,9H2,2H3. The highest BCUT2D eigenvalue weighted by molar-refractivity contribution is 5.45. The van der Waals surface area contributed by atoms with Crippen LogP contribution in [0.3, 0.4) is 0 Å². The van der Waals surface area contributed by atoms with Crippen molar-refractivity contribution in [3.63, 3.8) is 0 Å². The predicted octanol–water partition coefficient (Wildman–Crippen LogP) is 2.63. The average Bonchev–Trinajstić information content (AvgIpc) is 2.18. The van der Waals surface area contributed by atoms with E-state index in [1.165, 1.54) is 10.6 Å². The minimum Gasteiger partial charge on any atom is -0.288 e. The molecule has 0 aromatic heterocycles. The molecule has 1 rings (SSSR count). The molecule has 0 heterocycles. The van der Waals surface area contributed by atoms with E-state index < -0.39 is 0 Å². The molecule has 2 heteroatoms. The molecule has 1 aromatic rings. The monoisotopic (exact) mass is 177 g/mol. The summed E-state index contributed by atoms with van der Waals surface area (Å²) in [6.07, 6.45) is 2.68. The molecule has 0 saturated carbocycles. The summed E-state index contributed by atoms with van der Waals surface area (Å²) in [7, 11) is 0. The molecule has 1 N–H and O–H groups in total. The van der Waals surface area contributed by atoms with Crippen LogP contribution in [0.25, 0.3) is 0 Å². The zero-order valence-electron chi connectivity index (χ0n) is 7.90. The Morgan fingerprint density at radius 1 is 1.38 bits per heavy atom. The van der Waals surface area contributed by atoms with Crippen molar-refractivity contribution in [1.82, 2.24) is 0 Å². The van der Waals surface area contributed by atoms with E-state index in [1.54, 1.807) is 6.08 Å². The van der Waals surface area contributed by atoms with E-state index in [1.807, 2.05) is 24.3 Å². The molecule has 0 unspecified atom stereocenters. The van der Waals surface area contributed by atoms with Crippen LogP contribution in [-0.2, 0) is 6.42 Å². The highest BCUT2D eigenvalue weighted by atomic mass is 16.5. The number of nitrogens with zero attached hydrogens (tertiary/aromatic N) is 1. The average molecular weight is 177 g/mol. The van der Waals surface area contributed by atoms with E-state index in [4.69, 9.17) is 0 Å². The lowest BCUT2D eigenvalue weighted by atomic mass is 10.1. The summed E-state index contributed by atoms with van der Waals surface area (Å²) >= 11 is 0. The van der Waals surface area contributed by atoms with Gasteiger partial charge in [-0.1, -0.05) is 25.1 Å². The fraction of sp³-hybridized carbons (Fsp3) is 0.273. The van der Waals surface area contributed by atoms with Gasteiger partial charge in [0.15, 0.2) is 0 Å². The zero-order valence-corrected chi connectivity index (χ0v) is 7.90. The van der Waals surface area contributed by atoms with Crippen LogP contribution in [0.4, 0.5) is 5.69 Å². The molecule has 0 bridgehead atoms. The Labute approximate surface area is 79.1 Å². The first-order chi connectivity index (χ1) is 6.27. The Bertz CT molecular complexity index is 266. The second kappa shape index (κ2) is 4.67. The van der Waals surface area contributed by atoms with Crippen molar-refractivity contribution < 1.29 is 5.21 Å². The van der Waals surface area contributed by atoms with Crippen LogP contribution in [-0.4, -0.2) is 11.8 Å². The van der Waals surface area contributed by atoms with Gasteiger partial charge in [-0.25, -0.2) is 0 Å². The van der Waals surface area contributed by atoms with Gasteiger partial charge in [0.25, 0.3) is 0 Å². The predicted molar refractivity (Wildman–Crippen MR) is 55.1 cm³/mol. The summed E-state index contributed by atoms with van der Waals surface area (Å²) < 4.78 is 0. The highest BCUT2D eigenvalue weighted by Gasteiger charge is 1.98. The van der Waals surface area contributed by atoms with Gasteiger partial charge >= 0.3 is 0 Å². The molecule has 0 aliphatic heterocycles. The van der Waals surface area contributed by atoms with Crippen molar-refractivity contribution in [3.05, 3.63) is 42.5 Å². The van der Waals surface area contributed by atoms with E-state index >= 15 is 0 Å². The Kier molecular flexibility index (Phi) is 3.53. The zero-order chi connectivity index (χ0) is 9.68. The van der Waals surface area contributed by atoms with Crippen LogP contribution in [0.5, 0.6) is 0 Å². The fourth-order valence-corrected chi connectivity index (χ4v) is 1.13. The van der Waals surface area contributed by atoms with Gasteiger partial charge in [-0.3, -0.25) is 10.3 Å². The lowest BCUT2D eigenvalue weighted by Gasteiger charge is -2.14. The van der Waals surface area contributed by atoms with Crippen LogP contribution in [0.2, 0.25) is 0 Å². The van der Waals surface area contributed by atoms with Crippen molar-refractivity contribution in [2.75, 3.05) is 11.6 Å². The molecule has 70 valence electrons. The van der Waals surface area contributed by atoms with E-state index in [0.29, 0.717) is 6.54 Å². The van der Waals surface area contributed by atoms with Crippen LogP contribution in [0, 0.1) is 0 Å². The summed E-state index contributed by atoms with van der Waals surface area (Å²) in [6, 6.07) is 7.84. The molecular weight excluding hydrogens is 162 g/mol. The minimum atomic E-state index is 0.450. The Morgan fingerprint density at radius 2 is 2.00 bits per heavy atom. The smallest absolute Gasteiger partial charge is 0.0638 e. The molecule has 2 nitrogen and oxygen atoms in total. The normalized spacial score (nSPS) is 9.69. The third-order valence-corrected chi connectivity index (χ3v) is 1.94. The van der Waals surface area contributed by atoms with Crippen molar-refractivity contribution in [2.24, 2.45) is 0 Å². The van der Waals surface area contributed by atoms with Crippen molar-refractivity contribution in [3.8, 4) is 0 Å². The summed E-state index contributed by atoms with van der Waals surface area (Å²) in [6.45, 7) is 6.11. The summed E-state index contributed by atoms with van der Waals surface area (Å²) in [5, 5.41) is 10.6. The van der Waals surface area contributed by atoms with Gasteiger partial charge in [-0.2, -0.15) is 0 Å². The van der Waals surface area contributed by atoms with Gasteiger partial charge in [0.1, 0.15) is 0 Å². The highest BCUT2D eigenvalue weighted by Crippen LogP contribution is 2.13. The molecule has 0 atom stereocenters. The topological polar surface area (TPSA) is 23.5 Å². The number of anilines is 1. The first-order valence-electron chi connectivity index (χ1n) is 4.44. The lowest BCUT2D eigenvalue weighted by molar-refractivity contribution is 0.266. The van der Waals surface area contributed by atoms with Gasteiger partial charge in [-0.15, -0.1) is 6.58 Å². The fourth-order valence-electron chi connectivity index (χ4n) is 1.13. The maximum atomic E-state index is 9.45. The van der Waals surface area contributed by atoms with E-state index in [9.17, 15) is 5.21 Å². The van der Waals surface area contributed by atoms with Crippen LogP contribution in [0.1, 0.15) is 12.5 Å². The number of benzene rings is 1. The number of hydroxylamine groups is 1. The van der Waals surface area contributed by atoms with Crippen molar-refractivity contribution in [2.45, 2.75) is 13.3 Å². The van der Waals surface area contributed by atoms with Gasteiger partial charge in [0.05, 0.1) is 12.2 Å². The van der Waals surface area contributed by atoms with Gasteiger partial charge in [0, 0.05) is 0 Å². The third-order valence-electron chi connectivity index (χ3n) is 1.94. The van der Waals surface area contributed by atoms with Crippen LogP contribution in [0.15, 0.2) is 36.9 Å². The number of hydrogen-bond acceptors (Lipinski definition) is 2. The maximum Gasteiger partial charge on any atom is 0.0638 e.